The number of hydrogen-bond donors (Lipinski definition) is 1. The predicted molar refractivity (Wildman–Crippen MR) is 121 cm³/mol. The van der Waals surface area contributed by atoms with Crippen molar-refractivity contribution in [3.63, 3.8) is 0 Å². The molecule has 4 rings (SSSR count). The zero-order valence-corrected chi connectivity index (χ0v) is 18.9. The first kappa shape index (κ1) is 22.2. The summed E-state index contributed by atoms with van der Waals surface area (Å²) in [6, 6.07) is 3.72. The van der Waals surface area contributed by atoms with Crippen molar-refractivity contribution in [3.05, 3.63) is 53.6 Å². The highest BCUT2D eigenvalue weighted by molar-refractivity contribution is 7.15. The van der Waals surface area contributed by atoms with Crippen LogP contribution >= 0.6 is 11.3 Å². The lowest BCUT2D eigenvalue weighted by molar-refractivity contribution is -0.143. The molecule has 10 heteroatoms. The van der Waals surface area contributed by atoms with Gasteiger partial charge in [-0.3, -0.25) is 9.78 Å². The largest absolute Gasteiger partial charge is 0.466 e. The Labute approximate surface area is 190 Å². The number of carbonyl (C=O) groups is 1. The van der Waals surface area contributed by atoms with Gasteiger partial charge in [0, 0.05) is 42.0 Å². The lowest BCUT2D eigenvalue weighted by atomic mass is 10.1. The molecular formula is C22H27N7O2S. The average molecular weight is 454 g/mol. The van der Waals surface area contributed by atoms with E-state index >= 15 is 0 Å². The zero-order valence-electron chi connectivity index (χ0n) is 18.1. The number of ether oxygens (including phenoxy) is 1. The van der Waals surface area contributed by atoms with E-state index in [1.54, 1.807) is 22.2 Å². The maximum absolute atomic E-state index is 11.7. The molecule has 0 aliphatic heterocycles. The summed E-state index contributed by atoms with van der Waals surface area (Å²) in [5.74, 6) is 1.09. The second kappa shape index (κ2) is 11.1. The maximum Gasteiger partial charge on any atom is 0.305 e. The Bertz CT molecular complexity index is 1030. The van der Waals surface area contributed by atoms with Gasteiger partial charge in [0.15, 0.2) is 5.82 Å². The minimum Gasteiger partial charge on any atom is -0.466 e. The second-order valence-corrected chi connectivity index (χ2v) is 8.69. The van der Waals surface area contributed by atoms with Gasteiger partial charge >= 0.3 is 5.97 Å². The molecule has 3 heterocycles. The van der Waals surface area contributed by atoms with E-state index in [4.69, 9.17) is 4.74 Å². The molecule has 0 amide bonds. The number of pyridine rings is 1. The first-order valence-electron chi connectivity index (χ1n) is 10.9. The highest BCUT2D eigenvalue weighted by atomic mass is 32.1. The van der Waals surface area contributed by atoms with Crippen LogP contribution in [0, 0.1) is 5.92 Å². The Hall–Kier alpha value is -2.98. The molecule has 0 spiro atoms. The Kier molecular flexibility index (Phi) is 7.68. The van der Waals surface area contributed by atoms with Gasteiger partial charge in [0.05, 0.1) is 6.61 Å². The minimum atomic E-state index is -0.200. The number of tetrazole rings is 1. The van der Waals surface area contributed by atoms with Gasteiger partial charge in [0.2, 0.25) is 0 Å². The van der Waals surface area contributed by atoms with Gasteiger partial charge in [-0.1, -0.05) is 12.2 Å². The highest BCUT2D eigenvalue weighted by Crippen LogP contribution is 2.31. The fraction of sp³-hybridized carbons (Fsp3) is 0.455. The number of hydrogen-bond acceptors (Lipinski definition) is 9. The number of thiazole rings is 1. The van der Waals surface area contributed by atoms with Crippen LogP contribution in [-0.4, -0.2) is 49.3 Å². The number of rotatable bonds is 11. The first-order valence-corrected chi connectivity index (χ1v) is 11.7. The van der Waals surface area contributed by atoms with Gasteiger partial charge < -0.3 is 10.1 Å². The fourth-order valence-corrected chi connectivity index (χ4v) is 4.65. The third-order valence-corrected chi connectivity index (χ3v) is 6.42. The molecule has 0 saturated carbocycles. The van der Waals surface area contributed by atoms with Crippen LogP contribution in [0.25, 0.3) is 10.6 Å². The van der Waals surface area contributed by atoms with Crippen LogP contribution in [0.4, 0.5) is 0 Å². The van der Waals surface area contributed by atoms with Crippen LogP contribution in [0.3, 0.4) is 0 Å². The number of nitrogens with one attached hydrogen (secondary N) is 1. The van der Waals surface area contributed by atoms with E-state index in [1.165, 1.54) is 0 Å². The zero-order chi connectivity index (χ0) is 22.2. The van der Waals surface area contributed by atoms with Gasteiger partial charge in [-0.05, 0) is 61.2 Å². The van der Waals surface area contributed by atoms with Gasteiger partial charge in [-0.25, -0.2) is 9.67 Å². The molecule has 0 aromatic carbocycles. The Morgan fingerprint density at radius 3 is 3.00 bits per heavy atom. The number of carbonyl (C=O) groups excluding carboxylic acids is 1. The van der Waals surface area contributed by atoms with Gasteiger partial charge in [-0.2, -0.15) is 0 Å². The normalized spacial score (nSPS) is 14.7. The summed E-state index contributed by atoms with van der Waals surface area (Å²) in [6.45, 7) is 3.59. The lowest BCUT2D eigenvalue weighted by Crippen LogP contribution is -2.29. The summed E-state index contributed by atoms with van der Waals surface area (Å²) in [5, 5.41) is 17.0. The molecular weight excluding hydrogens is 426 g/mol. The van der Waals surface area contributed by atoms with Gasteiger partial charge in [0.25, 0.3) is 0 Å². The molecule has 32 heavy (non-hydrogen) atoms. The Balaban J connectivity index is 1.52. The van der Waals surface area contributed by atoms with Crippen LogP contribution in [0.1, 0.15) is 49.4 Å². The molecule has 1 atom stereocenters. The number of nitrogens with zero attached hydrogens (tertiary/aromatic N) is 6. The molecule has 1 unspecified atom stereocenters. The monoisotopic (exact) mass is 453 g/mol. The molecule has 1 aliphatic rings. The fourth-order valence-electron chi connectivity index (χ4n) is 3.67. The van der Waals surface area contributed by atoms with Crippen LogP contribution in [0.15, 0.2) is 42.9 Å². The smallest absolute Gasteiger partial charge is 0.305 e. The predicted octanol–water partition coefficient (Wildman–Crippen LogP) is 3.18. The molecule has 0 saturated heterocycles. The van der Waals surface area contributed by atoms with E-state index in [0.29, 0.717) is 31.9 Å². The average Bonchev–Trinajstić information content (AvgIpc) is 3.58. The molecule has 0 bridgehead atoms. The molecule has 1 N–H and O–H groups in total. The lowest BCUT2D eigenvalue weighted by Gasteiger charge is -2.19. The van der Waals surface area contributed by atoms with E-state index in [-0.39, 0.29) is 12.0 Å². The molecule has 0 radical (unpaired) electrons. The topological polar surface area (TPSA) is 108 Å². The van der Waals surface area contributed by atoms with Crippen LogP contribution in [0.2, 0.25) is 0 Å². The van der Waals surface area contributed by atoms with Gasteiger partial charge in [0.1, 0.15) is 11.0 Å². The van der Waals surface area contributed by atoms with Crippen molar-refractivity contribution in [2.45, 2.75) is 45.2 Å². The summed E-state index contributed by atoms with van der Waals surface area (Å²) in [7, 11) is 0. The maximum atomic E-state index is 11.7. The molecule has 168 valence electrons. The van der Waals surface area contributed by atoms with E-state index in [1.807, 2.05) is 31.5 Å². The van der Waals surface area contributed by atoms with Crippen molar-refractivity contribution in [1.29, 1.82) is 0 Å². The third kappa shape index (κ3) is 5.63. The summed E-state index contributed by atoms with van der Waals surface area (Å²) in [6.07, 6.45) is 13.0. The number of allylic oxidation sites excluding steroid dienone is 2. The molecule has 3 aromatic rings. The van der Waals surface area contributed by atoms with Gasteiger partial charge in [-0.15, -0.1) is 16.4 Å². The number of esters is 1. The van der Waals surface area contributed by atoms with Crippen molar-refractivity contribution >= 4 is 17.3 Å². The highest BCUT2D eigenvalue weighted by Gasteiger charge is 2.25. The van der Waals surface area contributed by atoms with Crippen molar-refractivity contribution in [2.75, 3.05) is 13.2 Å². The second-order valence-electron chi connectivity index (χ2n) is 7.63. The third-order valence-electron chi connectivity index (χ3n) is 5.31. The first-order chi connectivity index (χ1) is 15.7. The standard InChI is InChI=1S/C22H27N7O2S/c1-2-31-19(30)10-6-12-29-21(26-27-28-29)20(24-13-16-7-3-4-8-16)18-15-25-22(32-18)17-9-5-11-23-14-17/h3-5,9,11,14-16,20,24H,2,6-8,10,12-13H2,1H3. The van der Waals surface area contributed by atoms with E-state index in [9.17, 15) is 4.79 Å². The van der Waals surface area contributed by atoms with Crippen molar-refractivity contribution < 1.29 is 9.53 Å². The summed E-state index contributed by atoms with van der Waals surface area (Å²) in [4.78, 5) is 21.5. The number of aromatic nitrogens is 6. The molecule has 9 nitrogen and oxygen atoms in total. The quantitative estimate of drug-likeness (QED) is 0.348. The minimum absolute atomic E-state index is 0.184. The molecule has 3 aromatic heterocycles. The summed E-state index contributed by atoms with van der Waals surface area (Å²) < 4.78 is 6.79. The summed E-state index contributed by atoms with van der Waals surface area (Å²) >= 11 is 1.61. The Morgan fingerprint density at radius 2 is 2.22 bits per heavy atom. The van der Waals surface area contributed by atoms with E-state index in [2.05, 4.69) is 43.0 Å². The SMILES string of the molecule is CCOC(=O)CCCn1nnnc1C(NCC1CC=CC1)c1cnc(-c2cccnc2)s1. The van der Waals surface area contributed by atoms with E-state index < -0.39 is 0 Å². The summed E-state index contributed by atoms with van der Waals surface area (Å²) in [5.41, 5.74) is 0.983. The van der Waals surface area contributed by atoms with Crippen molar-refractivity contribution in [3.8, 4) is 10.6 Å². The number of aryl methyl sites for hydroxylation is 1. The van der Waals surface area contributed by atoms with Crippen molar-refractivity contribution in [1.82, 2.24) is 35.5 Å². The van der Waals surface area contributed by atoms with E-state index in [0.717, 1.165) is 40.7 Å². The van der Waals surface area contributed by atoms with Crippen LogP contribution in [0.5, 0.6) is 0 Å². The Morgan fingerprint density at radius 1 is 1.34 bits per heavy atom. The molecule has 0 fully saturated rings. The van der Waals surface area contributed by atoms with Crippen LogP contribution in [-0.2, 0) is 16.1 Å². The van der Waals surface area contributed by atoms with Crippen molar-refractivity contribution in [2.24, 2.45) is 5.92 Å². The van der Waals surface area contributed by atoms with Crippen LogP contribution < -0.4 is 5.32 Å². The molecule has 1 aliphatic carbocycles.